The summed E-state index contributed by atoms with van der Waals surface area (Å²) in [6.07, 6.45) is 0. The first kappa shape index (κ1) is 19.3. The number of hydrazine groups is 1. The number of carbonyl (C=O) groups is 2. The summed E-state index contributed by atoms with van der Waals surface area (Å²) in [7, 11) is 0. The number of anilines is 1. The van der Waals surface area contributed by atoms with Gasteiger partial charge in [-0.25, -0.2) is 10.2 Å². The molecule has 0 aliphatic rings. The van der Waals surface area contributed by atoms with Crippen molar-refractivity contribution in [2.75, 3.05) is 11.9 Å². The highest BCUT2D eigenvalue weighted by atomic mass is 16.5. The minimum atomic E-state index is -0.510. The van der Waals surface area contributed by atoms with Crippen LogP contribution in [0.15, 0.2) is 42.5 Å². The van der Waals surface area contributed by atoms with Crippen molar-refractivity contribution in [3.63, 3.8) is 0 Å². The maximum absolute atomic E-state index is 12.1. The molecule has 2 rings (SSSR count). The van der Waals surface area contributed by atoms with Crippen LogP contribution in [-0.2, 0) is 0 Å². The zero-order chi connectivity index (χ0) is 19.1. The van der Waals surface area contributed by atoms with Gasteiger partial charge in [0.15, 0.2) is 0 Å². The maximum Gasteiger partial charge on any atom is 0.337 e. The van der Waals surface area contributed by atoms with E-state index in [2.05, 4.69) is 30.0 Å². The summed E-state index contributed by atoms with van der Waals surface area (Å²) in [4.78, 5) is 24.1. The number of amides is 3. The zero-order valence-corrected chi connectivity index (χ0v) is 15.6. The third-order valence-electron chi connectivity index (χ3n) is 3.84. The normalized spacial score (nSPS) is 10.3. The summed E-state index contributed by atoms with van der Waals surface area (Å²) in [6.45, 7) is 8.64. The van der Waals surface area contributed by atoms with E-state index in [0.29, 0.717) is 29.5 Å². The maximum atomic E-state index is 12.1. The molecule has 26 heavy (non-hydrogen) atoms. The fourth-order valence-corrected chi connectivity index (χ4v) is 2.19. The van der Waals surface area contributed by atoms with E-state index < -0.39 is 11.9 Å². The molecular formula is C20H25N3O3. The molecule has 0 heterocycles. The van der Waals surface area contributed by atoms with Crippen LogP contribution in [0.1, 0.15) is 35.3 Å². The lowest BCUT2D eigenvalue weighted by Gasteiger charge is -2.12. The number of benzene rings is 2. The summed E-state index contributed by atoms with van der Waals surface area (Å²) in [6, 6.07) is 11.9. The van der Waals surface area contributed by atoms with Crippen molar-refractivity contribution in [2.24, 2.45) is 5.92 Å². The third kappa shape index (κ3) is 5.51. The Hall–Kier alpha value is -3.02. The van der Waals surface area contributed by atoms with Gasteiger partial charge in [-0.05, 0) is 61.2 Å². The van der Waals surface area contributed by atoms with Crippen LogP contribution in [0, 0.1) is 19.8 Å². The Morgan fingerprint density at radius 1 is 1.00 bits per heavy atom. The minimum Gasteiger partial charge on any atom is -0.493 e. The first-order valence-electron chi connectivity index (χ1n) is 8.53. The molecule has 138 valence electrons. The quantitative estimate of drug-likeness (QED) is 0.714. The number of hydrogen-bond acceptors (Lipinski definition) is 3. The Labute approximate surface area is 153 Å². The predicted molar refractivity (Wildman–Crippen MR) is 102 cm³/mol. The second-order valence-electron chi connectivity index (χ2n) is 6.51. The van der Waals surface area contributed by atoms with E-state index in [1.54, 1.807) is 30.3 Å². The average Bonchev–Trinajstić information content (AvgIpc) is 2.62. The van der Waals surface area contributed by atoms with Crippen LogP contribution in [0.4, 0.5) is 10.5 Å². The van der Waals surface area contributed by atoms with E-state index in [9.17, 15) is 9.59 Å². The van der Waals surface area contributed by atoms with Crippen molar-refractivity contribution in [1.29, 1.82) is 0 Å². The van der Waals surface area contributed by atoms with Gasteiger partial charge in [-0.1, -0.05) is 26.0 Å². The lowest BCUT2D eigenvalue weighted by molar-refractivity contribution is 0.0938. The average molecular weight is 355 g/mol. The molecule has 3 N–H and O–H groups in total. The van der Waals surface area contributed by atoms with Crippen LogP contribution in [-0.4, -0.2) is 18.5 Å². The molecule has 2 aromatic carbocycles. The number of aryl methyl sites for hydroxylation is 1. The number of hydrogen-bond donors (Lipinski definition) is 3. The summed E-state index contributed by atoms with van der Waals surface area (Å²) in [5.74, 6) is 0.727. The third-order valence-corrected chi connectivity index (χ3v) is 3.84. The molecule has 6 nitrogen and oxygen atoms in total. The van der Waals surface area contributed by atoms with E-state index >= 15 is 0 Å². The van der Waals surface area contributed by atoms with E-state index in [4.69, 9.17) is 4.74 Å². The first-order valence-corrected chi connectivity index (χ1v) is 8.53. The largest absolute Gasteiger partial charge is 0.493 e. The van der Waals surface area contributed by atoms with Crippen LogP contribution in [0.5, 0.6) is 5.75 Å². The molecule has 0 aliphatic carbocycles. The van der Waals surface area contributed by atoms with Crippen LogP contribution in [0.25, 0.3) is 0 Å². The second-order valence-corrected chi connectivity index (χ2v) is 6.51. The van der Waals surface area contributed by atoms with Gasteiger partial charge >= 0.3 is 6.03 Å². The minimum absolute atomic E-state index is 0.406. The molecule has 0 radical (unpaired) electrons. The Morgan fingerprint density at radius 2 is 1.69 bits per heavy atom. The van der Waals surface area contributed by atoms with Crippen molar-refractivity contribution in [1.82, 2.24) is 10.9 Å². The topological polar surface area (TPSA) is 79.5 Å². The van der Waals surface area contributed by atoms with Crippen LogP contribution < -0.4 is 20.9 Å². The number of nitrogens with one attached hydrogen (secondary N) is 3. The highest BCUT2D eigenvalue weighted by molar-refractivity contribution is 5.97. The molecule has 2 aromatic rings. The van der Waals surface area contributed by atoms with Crippen molar-refractivity contribution < 1.29 is 14.3 Å². The molecule has 0 atom stereocenters. The van der Waals surface area contributed by atoms with Crippen molar-refractivity contribution >= 4 is 17.6 Å². The molecule has 0 spiro atoms. The lowest BCUT2D eigenvalue weighted by atomic mass is 10.1. The van der Waals surface area contributed by atoms with Gasteiger partial charge in [0, 0.05) is 11.3 Å². The predicted octanol–water partition coefficient (Wildman–Crippen LogP) is 3.80. The van der Waals surface area contributed by atoms with Gasteiger partial charge < -0.3 is 10.1 Å². The monoisotopic (exact) mass is 355 g/mol. The molecule has 6 heteroatoms. The smallest absolute Gasteiger partial charge is 0.337 e. The fourth-order valence-electron chi connectivity index (χ4n) is 2.19. The summed E-state index contributed by atoms with van der Waals surface area (Å²) < 4.78 is 5.58. The van der Waals surface area contributed by atoms with E-state index in [1.807, 2.05) is 26.0 Å². The highest BCUT2D eigenvalue weighted by Gasteiger charge is 2.09. The van der Waals surface area contributed by atoms with Gasteiger partial charge in [0.05, 0.1) is 6.61 Å². The van der Waals surface area contributed by atoms with E-state index in [1.165, 1.54) is 0 Å². The van der Waals surface area contributed by atoms with Crippen molar-refractivity contribution in [3.8, 4) is 5.75 Å². The number of ether oxygens (including phenoxy) is 1. The van der Waals surface area contributed by atoms with E-state index in [0.717, 1.165) is 11.1 Å². The molecule has 0 saturated carbocycles. The molecule has 0 unspecified atom stereocenters. The number of urea groups is 1. The van der Waals surface area contributed by atoms with Gasteiger partial charge in [0.25, 0.3) is 5.91 Å². The molecule has 0 fully saturated rings. The first-order chi connectivity index (χ1) is 12.4. The SMILES string of the molecule is Cc1cccc(NC(=O)NNC(=O)c2ccc(OCC(C)C)cc2)c1C. The van der Waals surface area contributed by atoms with Gasteiger partial charge in [-0.15, -0.1) is 0 Å². The highest BCUT2D eigenvalue weighted by Crippen LogP contribution is 2.17. The Balaban J connectivity index is 1.85. The summed E-state index contributed by atoms with van der Waals surface area (Å²) in [5, 5.41) is 2.71. The second kappa shape index (κ2) is 8.89. The van der Waals surface area contributed by atoms with Gasteiger partial charge in [0.1, 0.15) is 5.75 Å². The number of carbonyl (C=O) groups excluding carboxylic acids is 2. The molecule has 0 aliphatic heterocycles. The fraction of sp³-hybridized carbons (Fsp3) is 0.300. The zero-order valence-electron chi connectivity index (χ0n) is 15.6. The standard InChI is InChI=1S/C20H25N3O3/c1-13(2)12-26-17-10-8-16(9-11-17)19(24)22-23-20(25)21-18-7-5-6-14(3)15(18)4/h5-11,13H,12H2,1-4H3,(H,22,24)(H2,21,23,25). The summed E-state index contributed by atoms with van der Waals surface area (Å²) in [5.41, 5.74) is 7.91. The van der Waals surface area contributed by atoms with Gasteiger partial charge in [0.2, 0.25) is 0 Å². The number of rotatable bonds is 5. The Morgan fingerprint density at radius 3 is 2.35 bits per heavy atom. The van der Waals surface area contributed by atoms with Gasteiger partial charge in [-0.2, -0.15) is 0 Å². The van der Waals surface area contributed by atoms with Crippen LogP contribution >= 0.6 is 0 Å². The Bertz CT molecular complexity index is 770. The molecule has 0 aromatic heterocycles. The molecule has 3 amide bonds. The van der Waals surface area contributed by atoms with E-state index in [-0.39, 0.29) is 0 Å². The van der Waals surface area contributed by atoms with Crippen molar-refractivity contribution in [2.45, 2.75) is 27.7 Å². The molecule has 0 saturated heterocycles. The summed E-state index contributed by atoms with van der Waals surface area (Å²) >= 11 is 0. The molecule has 0 bridgehead atoms. The van der Waals surface area contributed by atoms with Crippen LogP contribution in [0.2, 0.25) is 0 Å². The van der Waals surface area contributed by atoms with Gasteiger partial charge in [-0.3, -0.25) is 10.2 Å². The van der Waals surface area contributed by atoms with Crippen molar-refractivity contribution in [3.05, 3.63) is 59.2 Å². The lowest BCUT2D eigenvalue weighted by Crippen LogP contribution is -2.44. The van der Waals surface area contributed by atoms with Crippen LogP contribution in [0.3, 0.4) is 0 Å². The Kier molecular flexibility index (Phi) is 6.60. The molecular weight excluding hydrogens is 330 g/mol.